The van der Waals surface area contributed by atoms with Gasteiger partial charge in [0.05, 0.1) is 5.92 Å². The molecule has 104 valence electrons. The molecule has 1 N–H and O–H groups in total. The molecule has 0 saturated heterocycles. The van der Waals surface area contributed by atoms with E-state index >= 15 is 0 Å². The summed E-state index contributed by atoms with van der Waals surface area (Å²) < 4.78 is 0. The molecule has 0 heterocycles. The van der Waals surface area contributed by atoms with Gasteiger partial charge in [0.2, 0.25) is 0 Å². The second kappa shape index (κ2) is 5.36. The highest BCUT2D eigenvalue weighted by Gasteiger charge is 2.39. The van der Waals surface area contributed by atoms with Gasteiger partial charge in [-0.2, -0.15) is 0 Å². The first-order valence-corrected chi connectivity index (χ1v) is 7.24. The van der Waals surface area contributed by atoms with E-state index in [4.69, 9.17) is 0 Å². The van der Waals surface area contributed by atoms with Crippen LogP contribution >= 0.6 is 0 Å². The molecule has 2 nitrogen and oxygen atoms in total. The molecule has 0 aromatic heterocycles. The lowest BCUT2D eigenvalue weighted by Crippen LogP contribution is -2.32. The first-order chi connectivity index (χ1) is 8.93. The number of benzene rings is 1. The second-order valence-electron chi connectivity index (χ2n) is 6.55. The van der Waals surface area contributed by atoms with Crippen molar-refractivity contribution in [3.05, 3.63) is 35.4 Å². The standard InChI is InChI=1S/C17H24O2/c1-4-12-5-7-13(8-6-12)15-11-17(2,3)10-9-14(15)16(18)19/h5-8,14-15H,4,9-11H2,1-3H3,(H,18,19). The molecule has 19 heavy (non-hydrogen) atoms. The lowest BCUT2D eigenvalue weighted by atomic mass is 9.65. The van der Waals surface area contributed by atoms with E-state index in [1.165, 1.54) is 11.1 Å². The highest BCUT2D eigenvalue weighted by molar-refractivity contribution is 5.71. The molecule has 2 rings (SSSR count). The Bertz CT molecular complexity index is 445. The third-order valence-corrected chi connectivity index (χ3v) is 4.52. The lowest BCUT2D eigenvalue weighted by Gasteiger charge is -2.39. The predicted octanol–water partition coefficient (Wildman–Crippen LogP) is 4.24. The molecule has 2 heteroatoms. The van der Waals surface area contributed by atoms with Gasteiger partial charge in [0, 0.05) is 0 Å². The van der Waals surface area contributed by atoms with Gasteiger partial charge >= 0.3 is 5.97 Å². The van der Waals surface area contributed by atoms with Gasteiger partial charge in [-0.3, -0.25) is 4.79 Å². The molecule has 0 aliphatic heterocycles. The van der Waals surface area contributed by atoms with Crippen LogP contribution in [0.25, 0.3) is 0 Å². The maximum Gasteiger partial charge on any atom is 0.307 e. The van der Waals surface area contributed by atoms with Crippen LogP contribution in [0.4, 0.5) is 0 Å². The zero-order valence-electron chi connectivity index (χ0n) is 12.1. The van der Waals surface area contributed by atoms with Crippen molar-refractivity contribution < 1.29 is 9.90 Å². The zero-order valence-corrected chi connectivity index (χ0v) is 12.1. The van der Waals surface area contributed by atoms with Crippen LogP contribution < -0.4 is 0 Å². The molecule has 0 spiro atoms. The molecular weight excluding hydrogens is 236 g/mol. The van der Waals surface area contributed by atoms with Crippen molar-refractivity contribution >= 4 is 5.97 Å². The first-order valence-electron chi connectivity index (χ1n) is 7.24. The molecule has 1 aromatic rings. The Morgan fingerprint density at radius 1 is 1.32 bits per heavy atom. The van der Waals surface area contributed by atoms with Crippen molar-refractivity contribution in [2.24, 2.45) is 11.3 Å². The summed E-state index contributed by atoms with van der Waals surface area (Å²) in [6.07, 6.45) is 3.80. The molecule has 0 radical (unpaired) electrons. The van der Waals surface area contributed by atoms with E-state index in [-0.39, 0.29) is 17.3 Å². The van der Waals surface area contributed by atoms with E-state index < -0.39 is 5.97 Å². The Kier molecular flexibility index (Phi) is 3.98. The normalized spacial score (nSPS) is 26.1. The highest BCUT2D eigenvalue weighted by Crippen LogP contribution is 2.46. The van der Waals surface area contributed by atoms with E-state index in [1.807, 2.05) is 0 Å². The fourth-order valence-corrected chi connectivity index (χ4v) is 3.23. The SMILES string of the molecule is CCc1ccc(C2CC(C)(C)CCC2C(=O)O)cc1. The van der Waals surface area contributed by atoms with Gasteiger partial charge in [-0.1, -0.05) is 45.0 Å². The van der Waals surface area contributed by atoms with Crippen LogP contribution in [0.5, 0.6) is 0 Å². The van der Waals surface area contributed by atoms with Crippen LogP contribution in [0.15, 0.2) is 24.3 Å². The second-order valence-corrected chi connectivity index (χ2v) is 6.55. The van der Waals surface area contributed by atoms with Crippen molar-refractivity contribution in [1.82, 2.24) is 0 Å². The zero-order chi connectivity index (χ0) is 14.0. The molecule has 0 bridgehead atoms. The van der Waals surface area contributed by atoms with Crippen molar-refractivity contribution in [3.8, 4) is 0 Å². The summed E-state index contributed by atoms with van der Waals surface area (Å²) in [5, 5.41) is 9.44. The van der Waals surface area contributed by atoms with E-state index in [9.17, 15) is 9.90 Å². The number of hydrogen-bond donors (Lipinski definition) is 1. The maximum absolute atomic E-state index is 11.5. The molecular formula is C17H24O2. The Morgan fingerprint density at radius 2 is 1.95 bits per heavy atom. The Morgan fingerprint density at radius 3 is 2.47 bits per heavy atom. The van der Waals surface area contributed by atoms with Crippen LogP contribution in [0.2, 0.25) is 0 Å². The van der Waals surface area contributed by atoms with Crippen LogP contribution in [-0.4, -0.2) is 11.1 Å². The summed E-state index contributed by atoms with van der Waals surface area (Å²) >= 11 is 0. The summed E-state index contributed by atoms with van der Waals surface area (Å²) in [5.74, 6) is -0.701. The fraction of sp³-hybridized carbons (Fsp3) is 0.588. The van der Waals surface area contributed by atoms with Crippen LogP contribution in [-0.2, 0) is 11.2 Å². The average molecular weight is 260 g/mol. The first kappa shape index (κ1) is 14.1. The van der Waals surface area contributed by atoms with E-state index in [2.05, 4.69) is 45.0 Å². The molecule has 1 saturated carbocycles. The van der Waals surface area contributed by atoms with Crippen molar-refractivity contribution in [3.63, 3.8) is 0 Å². The monoisotopic (exact) mass is 260 g/mol. The summed E-state index contributed by atoms with van der Waals surface area (Å²) in [6.45, 7) is 6.63. The maximum atomic E-state index is 11.5. The van der Waals surface area contributed by atoms with Crippen LogP contribution in [0.1, 0.15) is 57.1 Å². The topological polar surface area (TPSA) is 37.3 Å². The summed E-state index contributed by atoms with van der Waals surface area (Å²) in [5.41, 5.74) is 2.75. The van der Waals surface area contributed by atoms with Crippen molar-refractivity contribution in [2.75, 3.05) is 0 Å². The van der Waals surface area contributed by atoms with Crippen molar-refractivity contribution in [2.45, 2.75) is 52.4 Å². The van der Waals surface area contributed by atoms with Gasteiger partial charge in [-0.05, 0) is 48.1 Å². The fourth-order valence-electron chi connectivity index (χ4n) is 3.23. The minimum absolute atomic E-state index is 0.159. The lowest BCUT2D eigenvalue weighted by molar-refractivity contribution is -0.144. The van der Waals surface area contributed by atoms with Gasteiger partial charge in [-0.15, -0.1) is 0 Å². The summed E-state index contributed by atoms with van der Waals surface area (Å²) in [4.78, 5) is 11.5. The minimum Gasteiger partial charge on any atom is -0.481 e. The number of carboxylic acid groups (broad SMARTS) is 1. The van der Waals surface area contributed by atoms with E-state index in [1.54, 1.807) is 0 Å². The molecule has 2 unspecified atom stereocenters. The van der Waals surface area contributed by atoms with E-state index in [0.29, 0.717) is 0 Å². The van der Waals surface area contributed by atoms with Crippen LogP contribution in [0.3, 0.4) is 0 Å². The largest absolute Gasteiger partial charge is 0.481 e. The Hall–Kier alpha value is -1.31. The number of aryl methyl sites for hydroxylation is 1. The van der Waals surface area contributed by atoms with Gasteiger partial charge in [0.1, 0.15) is 0 Å². The molecule has 1 aliphatic rings. The minimum atomic E-state index is -0.639. The van der Waals surface area contributed by atoms with Crippen molar-refractivity contribution in [1.29, 1.82) is 0 Å². The third-order valence-electron chi connectivity index (χ3n) is 4.52. The summed E-state index contributed by atoms with van der Waals surface area (Å²) in [7, 11) is 0. The smallest absolute Gasteiger partial charge is 0.307 e. The Labute approximate surface area is 115 Å². The molecule has 2 atom stereocenters. The predicted molar refractivity (Wildman–Crippen MR) is 77.3 cm³/mol. The third kappa shape index (κ3) is 3.17. The molecule has 0 amide bonds. The van der Waals surface area contributed by atoms with Gasteiger partial charge in [0.25, 0.3) is 0 Å². The molecule has 1 aromatic carbocycles. The van der Waals surface area contributed by atoms with Gasteiger partial charge in [-0.25, -0.2) is 0 Å². The Balaban J connectivity index is 2.27. The number of aliphatic carboxylic acids is 1. The number of carbonyl (C=O) groups is 1. The number of rotatable bonds is 3. The molecule has 1 aliphatic carbocycles. The quantitative estimate of drug-likeness (QED) is 0.882. The van der Waals surface area contributed by atoms with Gasteiger partial charge < -0.3 is 5.11 Å². The average Bonchev–Trinajstić information content (AvgIpc) is 2.37. The van der Waals surface area contributed by atoms with E-state index in [0.717, 1.165) is 25.7 Å². The van der Waals surface area contributed by atoms with Crippen LogP contribution in [0, 0.1) is 11.3 Å². The summed E-state index contributed by atoms with van der Waals surface area (Å²) in [6, 6.07) is 8.52. The van der Waals surface area contributed by atoms with Gasteiger partial charge in [0.15, 0.2) is 0 Å². The number of carboxylic acids is 1. The number of hydrogen-bond acceptors (Lipinski definition) is 1. The molecule has 1 fully saturated rings. The highest BCUT2D eigenvalue weighted by atomic mass is 16.4.